The van der Waals surface area contributed by atoms with E-state index in [-0.39, 0.29) is 4.76 Å². The van der Waals surface area contributed by atoms with E-state index in [9.17, 15) is 28.9 Å². The fourth-order valence-electron chi connectivity index (χ4n) is 2.46. The van der Waals surface area contributed by atoms with Gasteiger partial charge in [-0.25, -0.2) is 9.59 Å². The van der Waals surface area contributed by atoms with E-state index in [1.807, 2.05) is 0 Å². The van der Waals surface area contributed by atoms with Crippen LogP contribution in [0.3, 0.4) is 0 Å². The summed E-state index contributed by atoms with van der Waals surface area (Å²) >= 11 is 0. The Hall–Kier alpha value is -2.89. The molecule has 1 aliphatic heterocycles. The van der Waals surface area contributed by atoms with Gasteiger partial charge < -0.3 is 18.9 Å². The maximum absolute atomic E-state index is 12.2. The van der Waals surface area contributed by atoms with Crippen LogP contribution in [-0.2, 0) is 47.7 Å². The number of nitroso groups, excluding NO2 is 1. The Balaban J connectivity index is 3.50. The van der Waals surface area contributed by atoms with Gasteiger partial charge in [-0.1, -0.05) is 0 Å². The molecule has 0 aromatic carbocycles. The lowest BCUT2D eigenvalue weighted by Crippen LogP contribution is -2.65. The smallest absolute Gasteiger partial charge is 0.433 e. The molecule has 1 aliphatic rings. The van der Waals surface area contributed by atoms with E-state index in [0.717, 1.165) is 34.8 Å². The predicted octanol–water partition coefficient (Wildman–Crippen LogP) is -0.995. The zero-order chi connectivity index (χ0) is 20.9. The topological polar surface area (TPSA) is 152 Å². The van der Waals surface area contributed by atoms with E-state index in [4.69, 9.17) is 18.9 Å². The highest BCUT2D eigenvalue weighted by atomic mass is 16.7. The van der Waals surface area contributed by atoms with Crippen molar-refractivity contribution in [3.05, 3.63) is 4.91 Å². The lowest BCUT2D eigenvalue weighted by molar-refractivity contribution is -0.584. The van der Waals surface area contributed by atoms with E-state index >= 15 is 0 Å². The molecular weight excluding hydrogens is 370 g/mol. The van der Waals surface area contributed by atoms with Crippen LogP contribution in [0.2, 0.25) is 0 Å². The number of methoxy groups -OCH3 is 1. The van der Waals surface area contributed by atoms with Gasteiger partial charge in [-0.05, 0) is 0 Å². The zero-order valence-electron chi connectivity index (χ0n) is 15.3. The van der Waals surface area contributed by atoms with Gasteiger partial charge in [0, 0.05) is 25.7 Å². The van der Waals surface area contributed by atoms with Crippen molar-refractivity contribution in [3.8, 4) is 0 Å². The first-order valence-electron chi connectivity index (χ1n) is 7.71. The second-order valence-corrected chi connectivity index (χ2v) is 5.54. The van der Waals surface area contributed by atoms with Crippen molar-refractivity contribution in [2.24, 2.45) is 0 Å². The SMILES string of the molecule is COC(=O)C1OC([N+](=O)C(C)=O)C(OC(C)=O)C(OC(C)=O)C1OC(C)=O. The Kier molecular flexibility index (Phi) is 7.52. The molecule has 0 radical (unpaired) electrons. The van der Waals surface area contributed by atoms with Crippen molar-refractivity contribution < 1.29 is 52.4 Å². The Labute approximate surface area is 153 Å². The van der Waals surface area contributed by atoms with Gasteiger partial charge in [-0.2, -0.15) is 0 Å². The summed E-state index contributed by atoms with van der Waals surface area (Å²) in [4.78, 5) is 70.1. The van der Waals surface area contributed by atoms with Crippen LogP contribution < -0.4 is 0 Å². The average molecular weight is 390 g/mol. The molecule has 5 atom stereocenters. The highest BCUT2D eigenvalue weighted by Gasteiger charge is 2.61. The summed E-state index contributed by atoms with van der Waals surface area (Å²) in [6.45, 7) is 3.93. The monoisotopic (exact) mass is 390 g/mol. The molecule has 1 fully saturated rings. The molecule has 0 aromatic rings. The molecular formula is C15H20NO11+. The predicted molar refractivity (Wildman–Crippen MR) is 81.6 cm³/mol. The van der Waals surface area contributed by atoms with Crippen molar-refractivity contribution in [1.29, 1.82) is 0 Å². The standard InChI is InChI=1S/C15H20NO11/c1-6(17)16(22)14-12(26-9(4)20)10(24-7(2)18)11(25-8(3)19)13(27-14)15(21)23-5/h10-14H,1-5H3/q+1. The molecule has 0 aromatic heterocycles. The first kappa shape index (κ1) is 22.2. The highest BCUT2D eigenvalue weighted by molar-refractivity contribution is 5.77. The number of hydrogen-bond donors (Lipinski definition) is 0. The lowest BCUT2D eigenvalue weighted by atomic mass is 9.96. The van der Waals surface area contributed by atoms with Crippen LogP contribution in [0.1, 0.15) is 27.7 Å². The lowest BCUT2D eigenvalue weighted by Gasteiger charge is -2.39. The maximum Gasteiger partial charge on any atom is 0.433 e. The summed E-state index contributed by atoms with van der Waals surface area (Å²) in [5, 5.41) is 0. The van der Waals surface area contributed by atoms with E-state index < -0.39 is 60.4 Å². The summed E-state index contributed by atoms with van der Waals surface area (Å²) in [7, 11) is 1.00. The maximum atomic E-state index is 12.2. The van der Waals surface area contributed by atoms with E-state index in [0.29, 0.717) is 0 Å². The fourth-order valence-corrected chi connectivity index (χ4v) is 2.46. The fraction of sp³-hybridized carbons (Fsp3) is 0.667. The molecule has 1 heterocycles. The summed E-state index contributed by atoms with van der Waals surface area (Å²) in [6.07, 6.45) is -8.46. The zero-order valence-corrected chi connectivity index (χ0v) is 15.3. The van der Waals surface area contributed by atoms with Crippen LogP contribution in [0.5, 0.6) is 0 Å². The molecule has 12 nitrogen and oxygen atoms in total. The van der Waals surface area contributed by atoms with Crippen LogP contribution in [0.25, 0.3) is 0 Å². The molecule has 150 valence electrons. The van der Waals surface area contributed by atoms with Gasteiger partial charge in [-0.15, -0.1) is 0 Å². The Morgan fingerprint density at radius 1 is 0.778 bits per heavy atom. The molecule has 0 aliphatic carbocycles. The van der Waals surface area contributed by atoms with Crippen LogP contribution in [0.4, 0.5) is 0 Å². The molecule has 12 heteroatoms. The normalized spacial score (nSPS) is 27.1. The van der Waals surface area contributed by atoms with Gasteiger partial charge in [-0.3, -0.25) is 19.1 Å². The molecule has 1 saturated heterocycles. The molecule has 1 rings (SSSR count). The largest absolute Gasteiger partial charge is 0.467 e. The van der Waals surface area contributed by atoms with Crippen LogP contribution in [0, 0.1) is 4.91 Å². The minimum atomic E-state index is -1.85. The third kappa shape index (κ3) is 5.54. The van der Waals surface area contributed by atoms with Gasteiger partial charge in [0.1, 0.15) is 4.76 Å². The third-order valence-electron chi connectivity index (χ3n) is 3.39. The minimum Gasteiger partial charge on any atom is -0.467 e. The van der Waals surface area contributed by atoms with Gasteiger partial charge in [0.2, 0.25) is 12.2 Å². The number of esters is 4. The molecule has 1 amide bonds. The number of amides is 1. The highest BCUT2D eigenvalue weighted by Crippen LogP contribution is 2.30. The van der Waals surface area contributed by atoms with Crippen molar-refractivity contribution >= 4 is 29.8 Å². The van der Waals surface area contributed by atoms with Crippen molar-refractivity contribution in [2.75, 3.05) is 7.11 Å². The van der Waals surface area contributed by atoms with Crippen LogP contribution in [0.15, 0.2) is 0 Å². The molecule has 0 N–H and O–H groups in total. The molecule has 0 bridgehead atoms. The summed E-state index contributed by atoms with van der Waals surface area (Å²) in [5.74, 6) is -4.77. The van der Waals surface area contributed by atoms with Gasteiger partial charge in [0.15, 0.2) is 12.2 Å². The summed E-state index contributed by atoms with van der Waals surface area (Å²) < 4.78 is 24.7. The van der Waals surface area contributed by atoms with Crippen molar-refractivity contribution in [3.63, 3.8) is 0 Å². The molecule has 5 unspecified atom stereocenters. The molecule has 0 saturated carbocycles. The van der Waals surface area contributed by atoms with Crippen LogP contribution in [-0.4, -0.2) is 72.3 Å². The first-order valence-corrected chi connectivity index (χ1v) is 7.71. The van der Waals surface area contributed by atoms with E-state index in [1.54, 1.807) is 0 Å². The van der Waals surface area contributed by atoms with E-state index in [2.05, 4.69) is 4.74 Å². The molecule has 0 spiro atoms. The Morgan fingerprint density at radius 3 is 1.63 bits per heavy atom. The number of rotatable bonds is 5. The van der Waals surface area contributed by atoms with Gasteiger partial charge in [0.05, 0.1) is 14.0 Å². The Bertz CT molecular complexity index is 658. The number of ether oxygens (including phenoxy) is 5. The third-order valence-corrected chi connectivity index (χ3v) is 3.39. The average Bonchev–Trinajstić information content (AvgIpc) is 2.55. The summed E-state index contributed by atoms with van der Waals surface area (Å²) in [5.41, 5.74) is 0. The quantitative estimate of drug-likeness (QED) is 0.323. The molecule has 27 heavy (non-hydrogen) atoms. The summed E-state index contributed by atoms with van der Waals surface area (Å²) in [6, 6.07) is 0. The van der Waals surface area contributed by atoms with Crippen LogP contribution >= 0.6 is 0 Å². The second kappa shape index (κ2) is 9.16. The number of nitrogens with zero attached hydrogens (tertiary/aromatic N) is 1. The second-order valence-electron chi connectivity index (χ2n) is 5.54. The van der Waals surface area contributed by atoms with Gasteiger partial charge >= 0.3 is 36.0 Å². The minimum absolute atomic E-state index is 0.190. The van der Waals surface area contributed by atoms with Crippen molar-refractivity contribution in [2.45, 2.75) is 58.3 Å². The van der Waals surface area contributed by atoms with Crippen molar-refractivity contribution in [1.82, 2.24) is 0 Å². The first-order chi connectivity index (χ1) is 12.5. The Morgan fingerprint density at radius 2 is 1.22 bits per heavy atom. The van der Waals surface area contributed by atoms with E-state index in [1.165, 1.54) is 0 Å². The number of carbonyl (C=O) groups excluding carboxylic acids is 5. The number of hydrogen-bond acceptors (Lipinski definition) is 11. The number of carbonyl (C=O) groups is 5. The van der Waals surface area contributed by atoms with Gasteiger partial charge in [0.25, 0.3) is 0 Å².